The molecule has 3 nitrogen and oxygen atoms in total. The second-order valence-electron chi connectivity index (χ2n) is 3.75. The molecule has 16 heavy (non-hydrogen) atoms. The minimum atomic E-state index is -0.992. The second kappa shape index (κ2) is 5.12. The van der Waals surface area contributed by atoms with E-state index in [9.17, 15) is 9.59 Å². The second-order valence-corrected chi connectivity index (χ2v) is 4.10. The van der Waals surface area contributed by atoms with Gasteiger partial charge in [-0.3, -0.25) is 9.59 Å². The minimum absolute atomic E-state index is 0.0469. The summed E-state index contributed by atoms with van der Waals surface area (Å²) in [5.41, 5.74) is -0.259. The summed E-state index contributed by atoms with van der Waals surface area (Å²) in [7, 11) is 0. The summed E-state index contributed by atoms with van der Waals surface area (Å²) in [6.07, 6.45) is 0. The van der Waals surface area contributed by atoms with E-state index >= 15 is 0 Å². The normalized spacial score (nSPS) is 13.9. The highest BCUT2D eigenvalue weighted by atomic mass is 35.5. The summed E-state index contributed by atoms with van der Waals surface area (Å²) < 4.78 is 4.88. The standard InChI is InChI=1S/C12H13ClO3/c1-9(14)16-8-12(2,11(13)15)10-6-4-3-5-7-10/h3-7H,8H2,1-2H3/t12-/m1/s1. The Hall–Kier alpha value is -1.35. The van der Waals surface area contributed by atoms with Gasteiger partial charge in [0.25, 0.3) is 0 Å². The van der Waals surface area contributed by atoms with Gasteiger partial charge in [-0.05, 0) is 24.1 Å². The van der Waals surface area contributed by atoms with Crippen LogP contribution in [0.2, 0.25) is 0 Å². The Bertz CT molecular complexity index is 389. The van der Waals surface area contributed by atoms with Crippen LogP contribution in [0, 0.1) is 0 Å². The summed E-state index contributed by atoms with van der Waals surface area (Å²) in [5.74, 6) is -0.430. The highest BCUT2D eigenvalue weighted by Gasteiger charge is 2.35. The maximum atomic E-state index is 11.5. The van der Waals surface area contributed by atoms with E-state index in [4.69, 9.17) is 16.3 Å². The third-order valence-electron chi connectivity index (χ3n) is 2.41. The first-order valence-corrected chi connectivity index (χ1v) is 5.23. The molecule has 1 rings (SSSR count). The number of ether oxygens (including phenoxy) is 1. The predicted molar refractivity (Wildman–Crippen MR) is 61.3 cm³/mol. The molecule has 86 valence electrons. The average molecular weight is 241 g/mol. The third-order valence-corrected chi connectivity index (χ3v) is 2.83. The summed E-state index contributed by atoms with van der Waals surface area (Å²) in [5, 5.41) is -0.542. The molecule has 0 aliphatic carbocycles. The van der Waals surface area contributed by atoms with Crippen LogP contribution < -0.4 is 0 Å². The van der Waals surface area contributed by atoms with Crippen molar-refractivity contribution in [2.45, 2.75) is 19.3 Å². The molecule has 0 bridgehead atoms. The Morgan fingerprint density at radius 3 is 2.31 bits per heavy atom. The molecular formula is C12H13ClO3. The van der Waals surface area contributed by atoms with Crippen LogP contribution in [0.25, 0.3) is 0 Å². The molecule has 0 heterocycles. The van der Waals surface area contributed by atoms with E-state index in [2.05, 4.69) is 0 Å². The van der Waals surface area contributed by atoms with Gasteiger partial charge < -0.3 is 4.74 Å². The fourth-order valence-electron chi connectivity index (χ4n) is 1.31. The topological polar surface area (TPSA) is 43.4 Å². The fourth-order valence-corrected chi connectivity index (χ4v) is 1.47. The van der Waals surface area contributed by atoms with Crippen molar-refractivity contribution in [1.82, 2.24) is 0 Å². The third kappa shape index (κ3) is 2.83. The van der Waals surface area contributed by atoms with Gasteiger partial charge in [0.15, 0.2) is 0 Å². The number of hydrogen-bond donors (Lipinski definition) is 0. The molecule has 1 aromatic rings. The first-order chi connectivity index (χ1) is 7.47. The van der Waals surface area contributed by atoms with Crippen molar-refractivity contribution >= 4 is 22.8 Å². The zero-order chi connectivity index (χ0) is 12.2. The number of hydrogen-bond acceptors (Lipinski definition) is 3. The van der Waals surface area contributed by atoms with Crippen molar-refractivity contribution in [2.24, 2.45) is 0 Å². The smallest absolute Gasteiger partial charge is 0.302 e. The molecule has 0 amide bonds. The maximum Gasteiger partial charge on any atom is 0.302 e. The molecule has 0 N–H and O–H groups in total. The first kappa shape index (κ1) is 12.7. The minimum Gasteiger partial charge on any atom is -0.464 e. The van der Waals surface area contributed by atoms with Gasteiger partial charge in [0, 0.05) is 6.92 Å². The molecule has 0 aromatic heterocycles. The van der Waals surface area contributed by atoms with Crippen molar-refractivity contribution in [3.05, 3.63) is 35.9 Å². The molecular weight excluding hydrogens is 228 g/mol. The summed E-state index contributed by atoms with van der Waals surface area (Å²) in [6, 6.07) is 9.02. The number of benzene rings is 1. The Morgan fingerprint density at radius 1 is 1.31 bits per heavy atom. The van der Waals surface area contributed by atoms with Gasteiger partial charge in [-0.2, -0.15) is 0 Å². The van der Waals surface area contributed by atoms with E-state index in [0.717, 1.165) is 5.56 Å². The van der Waals surface area contributed by atoms with E-state index in [0.29, 0.717) is 0 Å². The highest BCUT2D eigenvalue weighted by molar-refractivity contribution is 6.65. The molecule has 0 spiro atoms. The van der Waals surface area contributed by atoms with Crippen molar-refractivity contribution in [3.8, 4) is 0 Å². The van der Waals surface area contributed by atoms with Crippen LogP contribution in [0.3, 0.4) is 0 Å². The summed E-state index contributed by atoms with van der Waals surface area (Å²) in [4.78, 5) is 22.2. The highest BCUT2D eigenvalue weighted by Crippen LogP contribution is 2.26. The van der Waals surface area contributed by atoms with Gasteiger partial charge in [0.1, 0.15) is 12.0 Å². The number of carbonyl (C=O) groups is 2. The van der Waals surface area contributed by atoms with Crippen LogP contribution in [0.15, 0.2) is 30.3 Å². The molecule has 1 aromatic carbocycles. The molecule has 1 atom stereocenters. The van der Waals surface area contributed by atoms with Gasteiger partial charge in [0.2, 0.25) is 5.24 Å². The van der Waals surface area contributed by atoms with Crippen LogP contribution in [0.5, 0.6) is 0 Å². The van der Waals surface area contributed by atoms with E-state index in [1.807, 2.05) is 6.07 Å². The molecule has 0 aliphatic rings. The summed E-state index contributed by atoms with van der Waals surface area (Å²) >= 11 is 5.57. The zero-order valence-corrected chi connectivity index (χ0v) is 9.95. The van der Waals surface area contributed by atoms with Crippen molar-refractivity contribution in [2.75, 3.05) is 6.61 Å². The van der Waals surface area contributed by atoms with Gasteiger partial charge in [0.05, 0.1) is 0 Å². The van der Waals surface area contributed by atoms with Gasteiger partial charge in [-0.25, -0.2) is 0 Å². The molecule has 0 saturated carbocycles. The van der Waals surface area contributed by atoms with Crippen molar-refractivity contribution in [3.63, 3.8) is 0 Å². The predicted octanol–water partition coefficient (Wildman–Crippen LogP) is 2.27. The largest absolute Gasteiger partial charge is 0.464 e. The first-order valence-electron chi connectivity index (χ1n) is 4.85. The Labute approximate surface area is 99.4 Å². The number of rotatable bonds is 4. The van der Waals surface area contributed by atoms with Crippen LogP contribution in [0.1, 0.15) is 19.4 Å². The molecule has 4 heteroatoms. The maximum absolute atomic E-state index is 11.5. The Kier molecular flexibility index (Phi) is 4.07. The van der Waals surface area contributed by atoms with E-state index in [1.165, 1.54) is 6.92 Å². The molecule has 0 aliphatic heterocycles. The van der Waals surface area contributed by atoms with Crippen LogP contribution in [-0.2, 0) is 19.7 Å². The monoisotopic (exact) mass is 240 g/mol. The van der Waals surface area contributed by atoms with Gasteiger partial charge in [-0.15, -0.1) is 0 Å². The Morgan fingerprint density at radius 2 is 1.88 bits per heavy atom. The van der Waals surface area contributed by atoms with Crippen LogP contribution >= 0.6 is 11.6 Å². The van der Waals surface area contributed by atoms with Gasteiger partial charge in [-0.1, -0.05) is 30.3 Å². The number of halogens is 1. The number of carbonyl (C=O) groups excluding carboxylic acids is 2. The molecule has 0 saturated heterocycles. The lowest BCUT2D eigenvalue weighted by Gasteiger charge is -2.25. The average Bonchev–Trinajstić information content (AvgIpc) is 2.26. The fraction of sp³-hybridized carbons (Fsp3) is 0.333. The van der Waals surface area contributed by atoms with Crippen LogP contribution in [-0.4, -0.2) is 17.8 Å². The SMILES string of the molecule is CC(=O)OC[C@@](C)(C(=O)Cl)c1ccccc1. The number of esters is 1. The lowest BCUT2D eigenvalue weighted by atomic mass is 9.85. The lowest BCUT2D eigenvalue weighted by Crippen LogP contribution is -2.35. The molecule has 0 radical (unpaired) electrons. The van der Waals surface area contributed by atoms with E-state index in [1.54, 1.807) is 31.2 Å². The lowest BCUT2D eigenvalue weighted by molar-refractivity contribution is -0.143. The van der Waals surface area contributed by atoms with E-state index < -0.39 is 16.6 Å². The van der Waals surface area contributed by atoms with Crippen molar-refractivity contribution < 1.29 is 14.3 Å². The van der Waals surface area contributed by atoms with Crippen molar-refractivity contribution in [1.29, 1.82) is 0 Å². The quantitative estimate of drug-likeness (QED) is 0.599. The molecule has 0 unspecified atom stereocenters. The van der Waals surface area contributed by atoms with Crippen LogP contribution in [0.4, 0.5) is 0 Å². The van der Waals surface area contributed by atoms with Gasteiger partial charge >= 0.3 is 5.97 Å². The molecule has 0 fully saturated rings. The Balaban J connectivity index is 2.98. The summed E-state index contributed by atoms with van der Waals surface area (Å²) in [6.45, 7) is 2.90. The zero-order valence-electron chi connectivity index (χ0n) is 9.20. The van der Waals surface area contributed by atoms with E-state index in [-0.39, 0.29) is 6.61 Å².